The number of carbonyl (C=O) groups excluding carboxylic acids is 1. The Bertz CT molecular complexity index is 977. The van der Waals surface area contributed by atoms with Gasteiger partial charge in [-0.3, -0.25) is 4.79 Å². The molecule has 0 radical (unpaired) electrons. The van der Waals surface area contributed by atoms with Gasteiger partial charge in [0.2, 0.25) is 5.91 Å². The van der Waals surface area contributed by atoms with Crippen LogP contribution in [0.2, 0.25) is 0 Å². The van der Waals surface area contributed by atoms with E-state index >= 15 is 0 Å². The van der Waals surface area contributed by atoms with Crippen molar-refractivity contribution in [3.8, 4) is 11.4 Å². The largest absolute Gasteiger partial charge is 0.338 e. The van der Waals surface area contributed by atoms with Gasteiger partial charge in [-0.1, -0.05) is 23.9 Å². The average molecular weight is 427 g/mol. The van der Waals surface area contributed by atoms with Gasteiger partial charge in [-0.15, -0.1) is 10.2 Å². The van der Waals surface area contributed by atoms with Gasteiger partial charge in [0.15, 0.2) is 20.8 Å². The third kappa shape index (κ3) is 4.22. The zero-order valence-corrected chi connectivity index (χ0v) is 17.6. The molecule has 10 heteroatoms. The Labute approximate surface area is 168 Å². The molecule has 2 atom stereocenters. The van der Waals surface area contributed by atoms with Gasteiger partial charge in [-0.2, -0.15) is 0 Å². The number of halogens is 1. The predicted octanol–water partition coefficient (Wildman–Crippen LogP) is 2.14. The molecule has 3 rings (SSSR count). The van der Waals surface area contributed by atoms with Crippen LogP contribution in [0.3, 0.4) is 0 Å². The predicted molar refractivity (Wildman–Crippen MR) is 106 cm³/mol. The molecule has 1 aromatic heterocycles. The molecule has 28 heavy (non-hydrogen) atoms. The standard InChI is InChI=1S/C18H23FN4O3S2/c1-4-23(13-9-10-28(25,26)11-13)17(24)12(2)27-18-21-20-16(22(18)3)14-7-5-6-8-15(14)19/h5-8,12-13H,4,9-11H2,1-3H3. The van der Waals surface area contributed by atoms with E-state index in [1.54, 1.807) is 41.6 Å². The van der Waals surface area contributed by atoms with Crippen LogP contribution in [-0.4, -0.2) is 63.3 Å². The van der Waals surface area contributed by atoms with Crippen molar-refractivity contribution in [1.82, 2.24) is 19.7 Å². The van der Waals surface area contributed by atoms with Crippen LogP contribution < -0.4 is 0 Å². The Morgan fingerprint density at radius 3 is 2.71 bits per heavy atom. The molecule has 7 nitrogen and oxygen atoms in total. The highest BCUT2D eigenvalue weighted by molar-refractivity contribution is 8.00. The second kappa shape index (κ2) is 8.20. The molecule has 0 N–H and O–H groups in total. The summed E-state index contributed by atoms with van der Waals surface area (Å²) in [5.74, 6) is 0.00155. The number of hydrogen-bond acceptors (Lipinski definition) is 6. The van der Waals surface area contributed by atoms with Crippen LogP contribution in [0.5, 0.6) is 0 Å². The Morgan fingerprint density at radius 2 is 2.11 bits per heavy atom. The second-order valence-electron chi connectivity index (χ2n) is 6.79. The molecule has 2 unspecified atom stereocenters. The molecule has 1 saturated heterocycles. The summed E-state index contributed by atoms with van der Waals surface area (Å²) >= 11 is 1.23. The summed E-state index contributed by atoms with van der Waals surface area (Å²) in [4.78, 5) is 14.5. The van der Waals surface area contributed by atoms with Crippen LogP contribution >= 0.6 is 11.8 Å². The molecule has 1 aromatic carbocycles. The summed E-state index contributed by atoms with van der Waals surface area (Å²) < 4.78 is 39.2. The smallest absolute Gasteiger partial charge is 0.236 e. The van der Waals surface area contributed by atoms with Gasteiger partial charge in [-0.25, -0.2) is 12.8 Å². The van der Waals surface area contributed by atoms with Crippen molar-refractivity contribution in [3.05, 3.63) is 30.1 Å². The van der Waals surface area contributed by atoms with Gasteiger partial charge >= 0.3 is 0 Å². The first-order valence-electron chi connectivity index (χ1n) is 9.05. The van der Waals surface area contributed by atoms with Crippen LogP contribution in [0.4, 0.5) is 4.39 Å². The van der Waals surface area contributed by atoms with E-state index < -0.39 is 20.9 Å². The number of thioether (sulfide) groups is 1. The number of hydrogen-bond donors (Lipinski definition) is 0. The molecule has 1 aliphatic heterocycles. The highest BCUT2D eigenvalue weighted by Crippen LogP contribution is 2.29. The van der Waals surface area contributed by atoms with E-state index in [0.29, 0.717) is 29.5 Å². The Morgan fingerprint density at radius 1 is 1.39 bits per heavy atom. The molecular weight excluding hydrogens is 403 g/mol. The first-order valence-corrected chi connectivity index (χ1v) is 11.8. The number of nitrogens with zero attached hydrogens (tertiary/aromatic N) is 4. The summed E-state index contributed by atoms with van der Waals surface area (Å²) in [6.45, 7) is 4.05. The topological polar surface area (TPSA) is 85.2 Å². The highest BCUT2D eigenvalue weighted by Gasteiger charge is 2.35. The van der Waals surface area contributed by atoms with E-state index in [1.807, 2.05) is 6.92 Å². The maximum Gasteiger partial charge on any atom is 0.236 e. The molecular formula is C18H23FN4O3S2. The number of sulfone groups is 1. The fourth-order valence-corrected chi connectivity index (χ4v) is 5.97. The second-order valence-corrected chi connectivity index (χ2v) is 10.3. The summed E-state index contributed by atoms with van der Waals surface area (Å²) in [7, 11) is -1.34. The van der Waals surface area contributed by atoms with Crippen LogP contribution in [0, 0.1) is 5.82 Å². The SMILES string of the molecule is CCN(C(=O)C(C)Sc1nnc(-c2ccccc2F)n1C)C1CCS(=O)(=O)C1. The van der Waals surface area contributed by atoms with Crippen molar-refractivity contribution in [2.45, 2.75) is 36.7 Å². The Kier molecular flexibility index (Phi) is 6.09. The van der Waals surface area contributed by atoms with E-state index in [4.69, 9.17) is 0 Å². The van der Waals surface area contributed by atoms with Crippen LogP contribution in [0.25, 0.3) is 11.4 Å². The molecule has 0 saturated carbocycles. The number of rotatable bonds is 6. The molecule has 1 aliphatic rings. The summed E-state index contributed by atoms with van der Waals surface area (Å²) in [5, 5.41) is 8.19. The third-order valence-corrected chi connectivity index (χ3v) is 7.72. The van der Waals surface area contributed by atoms with Gasteiger partial charge in [0.05, 0.1) is 22.3 Å². The fourth-order valence-electron chi connectivity index (χ4n) is 3.35. The Hall–Kier alpha value is -1.94. The van der Waals surface area contributed by atoms with Gasteiger partial charge in [0.25, 0.3) is 0 Å². The average Bonchev–Trinajstić information content (AvgIpc) is 3.18. The first kappa shape index (κ1) is 20.8. The summed E-state index contributed by atoms with van der Waals surface area (Å²) in [6.07, 6.45) is 0.473. The molecule has 0 bridgehead atoms. The maximum absolute atomic E-state index is 14.0. The maximum atomic E-state index is 14.0. The van der Waals surface area contributed by atoms with Gasteiger partial charge in [-0.05, 0) is 32.4 Å². The van der Waals surface area contributed by atoms with Crippen LogP contribution in [-0.2, 0) is 21.7 Å². The zero-order chi connectivity index (χ0) is 20.5. The van der Waals surface area contributed by atoms with Crippen molar-refractivity contribution in [2.24, 2.45) is 7.05 Å². The summed E-state index contributed by atoms with van der Waals surface area (Å²) in [5.41, 5.74) is 0.342. The lowest BCUT2D eigenvalue weighted by atomic mass is 10.2. The third-order valence-electron chi connectivity index (χ3n) is 4.85. The normalized spacial score (nSPS) is 19.5. The monoisotopic (exact) mass is 426 g/mol. The van der Waals surface area contributed by atoms with E-state index in [2.05, 4.69) is 10.2 Å². The highest BCUT2D eigenvalue weighted by atomic mass is 32.2. The minimum Gasteiger partial charge on any atom is -0.338 e. The Balaban J connectivity index is 1.75. The molecule has 1 amide bonds. The van der Waals surface area contributed by atoms with E-state index in [-0.39, 0.29) is 23.5 Å². The van der Waals surface area contributed by atoms with Crippen molar-refractivity contribution >= 4 is 27.5 Å². The molecule has 2 aromatic rings. The van der Waals surface area contributed by atoms with E-state index in [1.165, 1.54) is 17.8 Å². The molecule has 2 heterocycles. The minimum absolute atomic E-state index is 0.0192. The minimum atomic E-state index is -3.07. The van der Waals surface area contributed by atoms with Crippen LogP contribution in [0.15, 0.2) is 29.4 Å². The zero-order valence-electron chi connectivity index (χ0n) is 16.0. The van der Waals surface area contributed by atoms with Gasteiger partial charge < -0.3 is 9.47 Å². The van der Waals surface area contributed by atoms with Gasteiger partial charge in [0, 0.05) is 19.6 Å². The lowest BCUT2D eigenvalue weighted by Crippen LogP contribution is -2.44. The van der Waals surface area contributed by atoms with Crippen LogP contribution in [0.1, 0.15) is 20.3 Å². The first-order chi connectivity index (χ1) is 13.2. The number of aromatic nitrogens is 3. The lowest BCUT2D eigenvalue weighted by Gasteiger charge is -2.29. The number of amides is 1. The molecule has 1 fully saturated rings. The molecule has 0 aliphatic carbocycles. The number of benzene rings is 1. The lowest BCUT2D eigenvalue weighted by molar-refractivity contribution is -0.131. The van der Waals surface area contributed by atoms with Crippen molar-refractivity contribution in [1.29, 1.82) is 0 Å². The van der Waals surface area contributed by atoms with Crippen molar-refractivity contribution in [2.75, 3.05) is 18.1 Å². The quantitative estimate of drug-likeness (QED) is 0.658. The van der Waals surface area contributed by atoms with E-state index in [0.717, 1.165) is 0 Å². The van der Waals surface area contributed by atoms with E-state index in [9.17, 15) is 17.6 Å². The fraction of sp³-hybridized carbons (Fsp3) is 0.500. The van der Waals surface area contributed by atoms with Crippen molar-refractivity contribution in [3.63, 3.8) is 0 Å². The van der Waals surface area contributed by atoms with Crippen molar-refractivity contribution < 1.29 is 17.6 Å². The number of carbonyl (C=O) groups is 1. The molecule has 0 spiro atoms. The summed E-state index contributed by atoms with van der Waals surface area (Å²) in [6, 6.07) is 6.04. The molecule has 152 valence electrons. The van der Waals surface area contributed by atoms with Gasteiger partial charge in [0.1, 0.15) is 5.82 Å².